The number of hydrogen-bond acceptors (Lipinski definition) is 9. The lowest BCUT2D eigenvalue weighted by Gasteiger charge is -2.37. The minimum Gasteiger partial charge on any atom is -0.486 e. The van der Waals surface area contributed by atoms with Crippen LogP contribution in [0.15, 0.2) is 41.3 Å². The number of anilines is 2. The molecule has 0 spiro atoms. The summed E-state index contributed by atoms with van der Waals surface area (Å²) in [4.78, 5) is 63.9. The van der Waals surface area contributed by atoms with Gasteiger partial charge in [-0.05, 0) is 57.9 Å². The van der Waals surface area contributed by atoms with Gasteiger partial charge in [-0.1, -0.05) is 25.5 Å². The smallest absolute Gasteiger partial charge is 0.410 e. The molecule has 1 atom stereocenters. The first-order valence-corrected chi connectivity index (χ1v) is 16.2. The second kappa shape index (κ2) is 14.6. The highest BCUT2D eigenvalue weighted by Crippen LogP contribution is 2.31. The maximum Gasteiger partial charge on any atom is 0.410 e. The number of fused-ring (bicyclic) bond motifs is 1. The van der Waals surface area contributed by atoms with Gasteiger partial charge in [0.1, 0.15) is 18.0 Å². The summed E-state index contributed by atoms with van der Waals surface area (Å²) in [5.41, 5.74) is 0.135. The van der Waals surface area contributed by atoms with Crippen LogP contribution >= 0.6 is 0 Å². The van der Waals surface area contributed by atoms with Crippen molar-refractivity contribution in [2.24, 2.45) is 0 Å². The summed E-state index contributed by atoms with van der Waals surface area (Å²) in [7, 11) is 0. The third-order valence-electron chi connectivity index (χ3n) is 8.04. The summed E-state index contributed by atoms with van der Waals surface area (Å²) in [6.45, 7) is 11.0. The van der Waals surface area contributed by atoms with Crippen LogP contribution in [0, 0.1) is 5.82 Å². The highest BCUT2D eigenvalue weighted by Gasteiger charge is 2.34. The number of aromatic nitrogens is 2. The molecular weight excluding hydrogens is 623 g/mol. The molecule has 2 saturated heterocycles. The van der Waals surface area contributed by atoms with Crippen molar-refractivity contribution in [2.45, 2.75) is 65.6 Å². The molecule has 2 aromatic heterocycles. The lowest BCUT2D eigenvalue weighted by Crippen LogP contribution is -2.53. The largest absolute Gasteiger partial charge is 0.486 e. The minimum atomic E-state index is -0.730. The summed E-state index contributed by atoms with van der Waals surface area (Å²) in [5.74, 6) is -1.68. The van der Waals surface area contributed by atoms with E-state index in [0.717, 1.165) is 6.42 Å². The van der Waals surface area contributed by atoms with Crippen molar-refractivity contribution in [2.75, 3.05) is 55.8 Å². The van der Waals surface area contributed by atoms with Gasteiger partial charge in [0.25, 0.3) is 5.91 Å². The number of carbonyl (C=O) groups excluding carboxylic acids is 3. The Hall–Kier alpha value is -4.72. The molecule has 14 heteroatoms. The van der Waals surface area contributed by atoms with Gasteiger partial charge in [0.2, 0.25) is 11.7 Å². The molecule has 48 heavy (non-hydrogen) atoms. The molecule has 5 rings (SSSR count). The fraction of sp³-hybridized carbons (Fsp3) is 0.500. The minimum absolute atomic E-state index is 0.0239. The summed E-state index contributed by atoms with van der Waals surface area (Å²) in [5, 5.41) is 2.76. The fourth-order valence-electron chi connectivity index (χ4n) is 5.54. The number of pyridine rings is 1. The van der Waals surface area contributed by atoms with Crippen molar-refractivity contribution in [3.8, 4) is 5.75 Å². The van der Waals surface area contributed by atoms with Crippen LogP contribution in [0.2, 0.25) is 0 Å². The molecule has 1 aromatic carbocycles. The van der Waals surface area contributed by atoms with Crippen molar-refractivity contribution in [1.29, 1.82) is 0 Å². The summed E-state index contributed by atoms with van der Waals surface area (Å²) < 4.78 is 31.8. The van der Waals surface area contributed by atoms with E-state index in [-0.39, 0.29) is 55.9 Å². The summed E-state index contributed by atoms with van der Waals surface area (Å²) >= 11 is 0. The predicted molar refractivity (Wildman–Crippen MR) is 177 cm³/mol. The van der Waals surface area contributed by atoms with E-state index >= 15 is 0 Å². The van der Waals surface area contributed by atoms with E-state index in [1.807, 2.05) is 13.8 Å². The van der Waals surface area contributed by atoms with E-state index in [4.69, 9.17) is 14.2 Å². The topological polar surface area (TPSA) is 135 Å². The highest BCUT2D eigenvalue weighted by molar-refractivity contribution is 6.01. The maximum absolute atomic E-state index is 14.2. The lowest BCUT2D eigenvalue weighted by atomic mass is 10.2. The van der Waals surface area contributed by atoms with Gasteiger partial charge in [-0.25, -0.2) is 14.2 Å². The first-order valence-electron chi connectivity index (χ1n) is 16.2. The second-order valence-electron chi connectivity index (χ2n) is 12.9. The van der Waals surface area contributed by atoms with Crippen LogP contribution < -0.4 is 25.4 Å². The molecule has 13 nitrogen and oxygen atoms in total. The summed E-state index contributed by atoms with van der Waals surface area (Å²) in [6.07, 6.45) is 2.49. The number of ether oxygens (including phenoxy) is 3. The van der Waals surface area contributed by atoms with Gasteiger partial charge in [0.15, 0.2) is 11.3 Å². The van der Waals surface area contributed by atoms with Crippen LogP contribution in [0.25, 0.3) is 5.65 Å². The lowest BCUT2D eigenvalue weighted by molar-refractivity contribution is -0.121. The number of nitrogens with one attached hydrogen (secondary N) is 1. The second-order valence-corrected chi connectivity index (χ2v) is 12.9. The van der Waals surface area contributed by atoms with E-state index < -0.39 is 34.9 Å². The van der Waals surface area contributed by atoms with Crippen molar-refractivity contribution in [1.82, 2.24) is 19.6 Å². The van der Waals surface area contributed by atoms with E-state index in [1.165, 1.54) is 26.3 Å². The van der Waals surface area contributed by atoms with Crippen LogP contribution in [-0.2, 0) is 20.8 Å². The Labute approximate surface area is 278 Å². The van der Waals surface area contributed by atoms with Gasteiger partial charge in [0, 0.05) is 38.4 Å². The SMILES string of the molecule is CCCCOc1c(C(=O)NCc2ccc(F)cc2)nc2c(N3CCN(C(=O)OC(C)(C)C)CC3=O)cc(N3CCOCC3C)cn2c1=O. The van der Waals surface area contributed by atoms with Gasteiger partial charge in [-0.3, -0.25) is 23.7 Å². The van der Waals surface area contributed by atoms with Crippen LogP contribution in [0.5, 0.6) is 5.75 Å². The Kier molecular flexibility index (Phi) is 10.5. The molecule has 2 aliphatic heterocycles. The van der Waals surface area contributed by atoms with Crippen LogP contribution in [-0.4, -0.2) is 89.8 Å². The number of hydrogen-bond donors (Lipinski definition) is 1. The van der Waals surface area contributed by atoms with Crippen molar-refractivity contribution >= 4 is 34.9 Å². The molecule has 258 valence electrons. The Balaban J connectivity index is 1.59. The zero-order valence-electron chi connectivity index (χ0n) is 28.1. The number of halogens is 1. The average molecular weight is 667 g/mol. The number of carbonyl (C=O) groups is 3. The van der Waals surface area contributed by atoms with Gasteiger partial charge in [-0.2, -0.15) is 0 Å². The van der Waals surface area contributed by atoms with Crippen LogP contribution in [0.3, 0.4) is 0 Å². The molecular formula is C34H43FN6O7. The van der Waals surface area contributed by atoms with Gasteiger partial charge in [-0.15, -0.1) is 0 Å². The molecule has 2 fully saturated rings. The molecule has 1 N–H and O–H groups in total. The Morgan fingerprint density at radius 2 is 1.88 bits per heavy atom. The number of amides is 3. The molecule has 4 heterocycles. The molecule has 0 aliphatic carbocycles. The predicted octanol–water partition coefficient (Wildman–Crippen LogP) is 3.75. The number of rotatable bonds is 9. The number of nitrogens with zero attached hydrogens (tertiary/aromatic N) is 5. The van der Waals surface area contributed by atoms with E-state index in [2.05, 4.69) is 15.2 Å². The van der Waals surface area contributed by atoms with E-state index in [1.54, 1.807) is 45.2 Å². The first kappa shape index (κ1) is 34.6. The van der Waals surface area contributed by atoms with Crippen LogP contribution in [0.1, 0.15) is 63.5 Å². The standard InChI is InChI=1S/C34H43FN6O7/c1-6-7-15-47-29-28(31(43)36-18-23-8-10-24(35)11-9-23)37-30-26(40-13-12-38(20-27(40)42)33(45)48-34(3,4)5)17-25(19-41(30)32(29)44)39-14-16-46-21-22(39)2/h8-11,17,19,22H,6-7,12-16,18,20-21H2,1-5H3,(H,36,43). The van der Waals surface area contributed by atoms with Gasteiger partial charge in [0.05, 0.1) is 31.2 Å². The number of morpholine rings is 1. The Morgan fingerprint density at radius 3 is 2.54 bits per heavy atom. The summed E-state index contributed by atoms with van der Waals surface area (Å²) in [6, 6.07) is 7.43. The molecule has 1 unspecified atom stereocenters. The molecule has 0 saturated carbocycles. The molecule has 0 bridgehead atoms. The number of unbranched alkanes of at least 4 members (excludes halogenated alkanes) is 1. The first-order chi connectivity index (χ1) is 22.9. The Bertz CT molecular complexity index is 1720. The van der Waals surface area contributed by atoms with Crippen molar-refractivity contribution < 1.29 is 33.0 Å². The van der Waals surface area contributed by atoms with E-state index in [0.29, 0.717) is 43.1 Å². The maximum atomic E-state index is 14.2. The van der Waals surface area contributed by atoms with E-state index in [9.17, 15) is 23.6 Å². The van der Waals surface area contributed by atoms with Crippen molar-refractivity contribution in [3.05, 3.63) is 64.0 Å². The van der Waals surface area contributed by atoms with Crippen molar-refractivity contribution in [3.63, 3.8) is 0 Å². The fourth-order valence-corrected chi connectivity index (χ4v) is 5.54. The van der Waals surface area contributed by atoms with Gasteiger partial charge < -0.3 is 29.3 Å². The number of benzene rings is 1. The molecule has 3 amide bonds. The quantitative estimate of drug-likeness (QED) is 0.339. The zero-order valence-corrected chi connectivity index (χ0v) is 28.1. The monoisotopic (exact) mass is 666 g/mol. The number of piperazine rings is 1. The van der Waals surface area contributed by atoms with Crippen LogP contribution in [0.4, 0.5) is 20.6 Å². The molecule has 3 aromatic rings. The molecule has 2 aliphatic rings. The molecule has 0 radical (unpaired) electrons. The third-order valence-corrected chi connectivity index (χ3v) is 8.04. The Morgan fingerprint density at radius 1 is 1.12 bits per heavy atom. The zero-order chi connectivity index (χ0) is 34.6. The average Bonchev–Trinajstić information content (AvgIpc) is 3.04. The normalized spacial score (nSPS) is 17.1. The third kappa shape index (κ3) is 7.87. The van der Waals surface area contributed by atoms with Gasteiger partial charge >= 0.3 is 11.7 Å². The highest BCUT2D eigenvalue weighted by atomic mass is 19.1.